The average molecular weight is 1230 g/mol. The van der Waals surface area contributed by atoms with Crippen LogP contribution in [0.3, 0.4) is 0 Å². The topological polar surface area (TPSA) is 299 Å². The van der Waals surface area contributed by atoms with Gasteiger partial charge in [-0.2, -0.15) is 0 Å². The summed E-state index contributed by atoms with van der Waals surface area (Å²) in [5.74, 6) is -10.6. The fraction of sp³-hybridized carbons (Fsp3) is 0.794. The van der Waals surface area contributed by atoms with Gasteiger partial charge in [0, 0.05) is 49.3 Å². The number of rotatable bonds is 16. The fourth-order valence-corrected chi connectivity index (χ4v) is 11.0. The third-order valence-corrected chi connectivity index (χ3v) is 16.6. The van der Waals surface area contributed by atoms with Gasteiger partial charge in [-0.05, 0) is 101 Å². The highest BCUT2D eigenvalue weighted by Crippen LogP contribution is 2.26. The third kappa shape index (κ3) is 21.5. The van der Waals surface area contributed by atoms with E-state index in [2.05, 4.69) is 21.3 Å². The fourth-order valence-electron chi connectivity index (χ4n) is 11.0. The van der Waals surface area contributed by atoms with E-state index in [1.807, 2.05) is 55.4 Å². The Morgan fingerprint density at radius 3 is 1.23 bits per heavy atom. The van der Waals surface area contributed by atoms with Crippen LogP contribution in [0.15, 0.2) is 12.2 Å². The van der Waals surface area contributed by atoms with Crippen LogP contribution in [0, 0.1) is 41.4 Å². The minimum Gasteiger partial charge on any atom is -0.394 e. The van der Waals surface area contributed by atoms with Crippen molar-refractivity contribution in [2.45, 2.75) is 229 Å². The van der Waals surface area contributed by atoms with E-state index < -0.39 is 162 Å². The monoisotopic (exact) mass is 1230 g/mol. The first kappa shape index (κ1) is 78.8. The molecule has 24 heteroatoms. The van der Waals surface area contributed by atoms with Crippen LogP contribution in [0.25, 0.3) is 0 Å². The number of hydrogen-bond donors (Lipinski definition) is 6. The van der Waals surface area contributed by atoms with Crippen molar-refractivity contribution in [1.82, 2.24) is 55.6 Å². The molecule has 0 radical (unpaired) electrons. The highest BCUT2D eigenvalue weighted by Gasteiger charge is 2.46. The lowest BCUT2D eigenvalue weighted by Gasteiger charge is -2.41. The number of carbonyl (C=O) groups excluding carboxylic acids is 11. The molecule has 13 atom stereocenters. The number of carbonyl (C=O) groups is 11. The molecule has 1 aliphatic heterocycles. The third-order valence-electron chi connectivity index (χ3n) is 16.6. The molecule has 0 aromatic heterocycles. The smallest absolute Gasteiger partial charge is 0.248 e. The molecule has 87 heavy (non-hydrogen) atoms. The van der Waals surface area contributed by atoms with Crippen LogP contribution in [-0.2, 0) is 52.7 Å². The first-order valence-electron chi connectivity index (χ1n) is 31.2. The van der Waals surface area contributed by atoms with Crippen molar-refractivity contribution in [3.05, 3.63) is 12.2 Å². The predicted molar refractivity (Wildman–Crippen MR) is 334 cm³/mol. The lowest BCUT2D eigenvalue weighted by molar-refractivity contribution is -0.157. The van der Waals surface area contributed by atoms with Gasteiger partial charge in [0.05, 0.1) is 12.7 Å². The van der Waals surface area contributed by atoms with Gasteiger partial charge in [0.15, 0.2) is 0 Å². The molecule has 498 valence electrons. The molecule has 1 aliphatic rings. The van der Waals surface area contributed by atoms with Crippen molar-refractivity contribution in [1.29, 1.82) is 0 Å². The minimum absolute atomic E-state index is 0.0623. The molecule has 11 amide bonds. The van der Waals surface area contributed by atoms with E-state index in [1.54, 1.807) is 60.6 Å². The number of aliphatic hydroxyl groups excluding tert-OH is 2. The molecule has 1 saturated heterocycles. The molecule has 1 heterocycles. The number of aliphatic hydroxyl groups is 2. The number of nitrogens with zero attached hydrogens (tertiary/aromatic N) is 7. The van der Waals surface area contributed by atoms with Gasteiger partial charge in [0.25, 0.3) is 0 Å². The molecule has 0 saturated carbocycles. The molecule has 0 aliphatic carbocycles. The van der Waals surface area contributed by atoms with E-state index >= 15 is 9.59 Å². The van der Waals surface area contributed by atoms with Crippen molar-refractivity contribution >= 4 is 65.0 Å². The summed E-state index contributed by atoms with van der Waals surface area (Å²) in [6, 6.07) is -14.4. The van der Waals surface area contributed by atoms with E-state index in [0.717, 1.165) is 14.7 Å². The molecule has 6 N–H and O–H groups in total. The van der Waals surface area contributed by atoms with Gasteiger partial charge in [-0.25, -0.2) is 0 Å². The maximum atomic E-state index is 15.2. The molecule has 1 unspecified atom stereocenters. The molecule has 1 fully saturated rings. The van der Waals surface area contributed by atoms with Crippen LogP contribution in [0.1, 0.15) is 156 Å². The Kier molecular flexibility index (Phi) is 32.4. The highest BCUT2D eigenvalue weighted by atomic mass is 16.3. The predicted octanol–water partition coefficient (Wildman–Crippen LogP) is 2.63. The second kappa shape index (κ2) is 35.7. The summed E-state index contributed by atoms with van der Waals surface area (Å²) in [4.78, 5) is 169. The minimum atomic E-state index is -1.67. The van der Waals surface area contributed by atoms with Gasteiger partial charge in [0.1, 0.15) is 66.5 Å². The molecular weight excluding hydrogens is 1120 g/mol. The van der Waals surface area contributed by atoms with Crippen LogP contribution in [0.2, 0.25) is 0 Å². The summed E-state index contributed by atoms with van der Waals surface area (Å²) in [5.41, 5.74) is 0. The standard InChI is InChI=1S/C63H113N11O13/c1-25-27-28-40(15)52(76)51-56(80)66-43(26-2)58(82)72(22)48(33-75)61(85)68(18)45(30-35(5)6)55(79)67-49(38(11)12)62(86)69(19)44(29-34(3)4)54(78)64-41(16)53(77)65-42(17)57(81)70(20)46(31-36(7)8)59(83)71(21)47(32-37(9)10)60(84)73(23)50(39(13)14)63(87)74(51)24/h25,27,34-52,75-76H,26,28-33H2,1-24H3,(H,64,78)(H,65,77)(H,66,80)(H,67,79)/t40-,41+,42-,43+,44+,45+,46+,47+,48?,49+,50+,51+,52-/m1/s1. The SMILES string of the molecule is CC=CC[C@@H](C)[C@@H](O)[C@H]1C(=O)N[C@@H](CC)C(=O)N(C)C(CO)C(=O)N(C)[C@@H](CC(C)C)C(=O)N[C@@H](C(C)C)C(=O)N(C)[C@@H](CC(C)C)C(=O)N[C@@H](C)C(=O)N[C@H](C)C(=O)N(C)[C@@H](CC(C)C)C(=O)N(C)[C@@H](CC(C)C)C(=O)N(C)[C@@H](C(C)C)C(=O)N1C. The maximum Gasteiger partial charge on any atom is 0.248 e. The normalized spacial score (nSPS) is 27.4. The first-order valence-corrected chi connectivity index (χ1v) is 31.2. The van der Waals surface area contributed by atoms with Gasteiger partial charge in [-0.3, -0.25) is 52.7 Å². The number of amides is 11. The molecule has 1 rings (SSSR count). The van der Waals surface area contributed by atoms with Crippen molar-refractivity contribution in [3.8, 4) is 0 Å². The van der Waals surface area contributed by atoms with E-state index in [4.69, 9.17) is 0 Å². The molecule has 24 nitrogen and oxygen atoms in total. The maximum absolute atomic E-state index is 15.2. The van der Waals surface area contributed by atoms with Crippen molar-refractivity contribution < 1.29 is 63.0 Å². The quantitative estimate of drug-likeness (QED) is 0.121. The van der Waals surface area contributed by atoms with Gasteiger partial charge < -0.3 is 65.8 Å². The van der Waals surface area contributed by atoms with Crippen LogP contribution >= 0.6 is 0 Å². The van der Waals surface area contributed by atoms with Crippen molar-refractivity contribution in [2.24, 2.45) is 41.4 Å². The summed E-state index contributed by atoms with van der Waals surface area (Å²) in [7, 11) is 9.64. The molecule has 0 bridgehead atoms. The molecule has 0 spiro atoms. The Labute approximate surface area is 520 Å². The summed E-state index contributed by atoms with van der Waals surface area (Å²) >= 11 is 0. The average Bonchev–Trinajstić information content (AvgIpc) is 1.23. The zero-order valence-corrected chi connectivity index (χ0v) is 57.1. The zero-order chi connectivity index (χ0) is 67.6. The lowest BCUT2D eigenvalue weighted by Crippen LogP contribution is -2.64. The summed E-state index contributed by atoms with van der Waals surface area (Å²) < 4.78 is 0. The van der Waals surface area contributed by atoms with Crippen molar-refractivity contribution in [2.75, 3.05) is 55.9 Å². The Balaban J connectivity index is 4.41. The van der Waals surface area contributed by atoms with Gasteiger partial charge >= 0.3 is 0 Å². The van der Waals surface area contributed by atoms with Crippen LogP contribution < -0.4 is 21.3 Å². The van der Waals surface area contributed by atoms with Gasteiger partial charge in [-0.15, -0.1) is 0 Å². The Morgan fingerprint density at radius 1 is 0.425 bits per heavy atom. The van der Waals surface area contributed by atoms with Gasteiger partial charge in [-0.1, -0.05) is 109 Å². The molecule has 0 aromatic rings. The second-order valence-corrected chi connectivity index (χ2v) is 26.5. The van der Waals surface area contributed by atoms with Crippen LogP contribution in [0.4, 0.5) is 0 Å². The first-order chi connectivity index (χ1) is 40.2. The Hall–Kier alpha value is -6.17. The largest absolute Gasteiger partial charge is 0.394 e. The summed E-state index contributed by atoms with van der Waals surface area (Å²) in [6.07, 6.45) is 2.71. The van der Waals surface area contributed by atoms with E-state index in [-0.39, 0.29) is 62.2 Å². The van der Waals surface area contributed by atoms with Crippen LogP contribution in [-0.4, -0.2) is 238 Å². The Bertz CT molecular complexity index is 2380. The lowest BCUT2D eigenvalue weighted by atomic mass is 9.91. The number of hydrogen-bond acceptors (Lipinski definition) is 13. The van der Waals surface area contributed by atoms with Crippen molar-refractivity contribution in [3.63, 3.8) is 0 Å². The summed E-state index contributed by atoms with van der Waals surface area (Å²) in [5, 5.41) is 33.9. The number of likely N-dealkylation sites (N-methyl/N-ethyl adjacent to an activating group) is 7. The molecular formula is C63H113N11O13. The van der Waals surface area contributed by atoms with E-state index in [0.29, 0.717) is 0 Å². The summed E-state index contributed by atoms with van der Waals surface area (Å²) in [6.45, 7) is 28.6. The van der Waals surface area contributed by atoms with E-state index in [1.165, 1.54) is 82.8 Å². The zero-order valence-electron chi connectivity index (χ0n) is 57.1. The number of nitrogens with one attached hydrogen (secondary N) is 4. The number of allylic oxidation sites excluding steroid dienone is 2. The Morgan fingerprint density at radius 2 is 0.805 bits per heavy atom. The van der Waals surface area contributed by atoms with Crippen LogP contribution in [0.5, 0.6) is 0 Å². The molecule has 0 aromatic carbocycles. The van der Waals surface area contributed by atoms with Gasteiger partial charge in [0.2, 0.25) is 65.0 Å². The highest BCUT2D eigenvalue weighted by molar-refractivity contribution is 6.00. The second-order valence-electron chi connectivity index (χ2n) is 26.5. The van der Waals surface area contributed by atoms with E-state index in [9.17, 15) is 53.4 Å².